The number of fused-ring (bicyclic) bond motifs is 1. The van der Waals surface area contributed by atoms with E-state index in [1.165, 1.54) is 11.6 Å². The number of halogens is 1. The van der Waals surface area contributed by atoms with Gasteiger partial charge >= 0.3 is 5.97 Å². The average Bonchev–Trinajstić information content (AvgIpc) is 2.66. The molecule has 2 aromatic carbocycles. The Balaban J connectivity index is 2.11. The SMILES string of the molecule is CC[C@H](C)c1nc2ccc(Br)cc2c(=O)n1N=Cc1cccc(OC(C)=O)c1. The summed E-state index contributed by atoms with van der Waals surface area (Å²) in [5, 5.41) is 4.90. The van der Waals surface area contributed by atoms with Crippen LogP contribution >= 0.6 is 15.9 Å². The highest BCUT2D eigenvalue weighted by Crippen LogP contribution is 2.21. The molecule has 0 aliphatic rings. The summed E-state index contributed by atoms with van der Waals surface area (Å²) in [5.41, 5.74) is 1.12. The topological polar surface area (TPSA) is 73.6 Å². The second-order valence-corrected chi connectivity index (χ2v) is 7.38. The molecule has 6 nitrogen and oxygen atoms in total. The fourth-order valence-electron chi connectivity index (χ4n) is 2.73. The average molecular weight is 442 g/mol. The first kappa shape index (κ1) is 19.9. The zero-order chi connectivity index (χ0) is 20.3. The van der Waals surface area contributed by atoms with Gasteiger partial charge in [-0.3, -0.25) is 9.59 Å². The maximum Gasteiger partial charge on any atom is 0.308 e. The van der Waals surface area contributed by atoms with Crippen LogP contribution in [0.2, 0.25) is 0 Å². The summed E-state index contributed by atoms with van der Waals surface area (Å²) in [6, 6.07) is 12.4. The predicted octanol–water partition coefficient (Wildman–Crippen LogP) is 4.48. The lowest BCUT2D eigenvalue weighted by Gasteiger charge is -2.14. The van der Waals surface area contributed by atoms with Crippen LogP contribution in [-0.2, 0) is 4.79 Å². The van der Waals surface area contributed by atoms with Gasteiger partial charge in [-0.25, -0.2) is 4.98 Å². The van der Waals surface area contributed by atoms with Crippen molar-refractivity contribution in [2.75, 3.05) is 0 Å². The Morgan fingerprint density at radius 3 is 2.82 bits per heavy atom. The third-order valence-corrected chi connectivity index (χ3v) is 4.82. The third kappa shape index (κ3) is 4.36. The van der Waals surface area contributed by atoms with Gasteiger partial charge in [-0.15, -0.1) is 0 Å². The van der Waals surface area contributed by atoms with Crippen molar-refractivity contribution in [2.45, 2.75) is 33.1 Å². The Bertz CT molecular complexity index is 1120. The summed E-state index contributed by atoms with van der Waals surface area (Å²) in [5.74, 6) is 0.695. The minimum absolute atomic E-state index is 0.0604. The number of hydrogen-bond donors (Lipinski definition) is 0. The first-order chi connectivity index (χ1) is 13.4. The normalized spacial score (nSPS) is 12.4. The minimum Gasteiger partial charge on any atom is -0.427 e. The van der Waals surface area contributed by atoms with Crippen LogP contribution in [0.3, 0.4) is 0 Å². The molecule has 1 heterocycles. The van der Waals surface area contributed by atoms with Gasteiger partial charge in [-0.1, -0.05) is 41.9 Å². The van der Waals surface area contributed by atoms with Crippen molar-refractivity contribution in [2.24, 2.45) is 5.10 Å². The molecule has 0 aliphatic carbocycles. The van der Waals surface area contributed by atoms with Crippen LogP contribution in [-0.4, -0.2) is 21.8 Å². The molecule has 0 spiro atoms. The molecule has 7 heteroatoms. The van der Waals surface area contributed by atoms with E-state index >= 15 is 0 Å². The van der Waals surface area contributed by atoms with Gasteiger partial charge in [0.15, 0.2) is 0 Å². The van der Waals surface area contributed by atoms with E-state index in [0.717, 1.165) is 10.9 Å². The Hall–Kier alpha value is -2.80. The fraction of sp³-hybridized carbons (Fsp3) is 0.238. The van der Waals surface area contributed by atoms with Crippen molar-refractivity contribution in [1.29, 1.82) is 0 Å². The number of aromatic nitrogens is 2. The van der Waals surface area contributed by atoms with Crippen molar-refractivity contribution in [3.05, 3.63) is 68.7 Å². The van der Waals surface area contributed by atoms with Crippen LogP contribution in [0, 0.1) is 0 Å². The molecule has 1 aromatic heterocycles. The number of ether oxygens (including phenoxy) is 1. The Labute approximate surface area is 171 Å². The molecule has 3 rings (SSSR count). The van der Waals surface area contributed by atoms with Crippen LogP contribution in [0.15, 0.2) is 56.8 Å². The summed E-state index contributed by atoms with van der Waals surface area (Å²) in [4.78, 5) is 28.9. The Morgan fingerprint density at radius 1 is 1.32 bits per heavy atom. The molecule has 28 heavy (non-hydrogen) atoms. The smallest absolute Gasteiger partial charge is 0.308 e. The Morgan fingerprint density at radius 2 is 2.11 bits per heavy atom. The van der Waals surface area contributed by atoms with E-state index in [-0.39, 0.29) is 11.5 Å². The molecule has 0 saturated heterocycles. The summed E-state index contributed by atoms with van der Waals surface area (Å²) in [7, 11) is 0. The molecule has 3 aromatic rings. The molecular formula is C21H20BrN3O3. The van der Waals surface area contributed by atoms with E-state index < -0.39 is 5.97 Å². The molecule has 1 atom stereocenters. The standard InChI is InChI=1S/C21H20BrN3O3/c1-4-13(2)20-24-19-9-8-16(22)11-18(19)21(27)25(20)23-12-15-6-5-7-17(10-15)28-14(3)26/h5-13H,4H2,1-3H3/t13-/m0/s1. The highest BCUT2D eigenvalue weighted by Gasteiger charge is 2.15. The van der Waals surface area contributed by atoms with E-state index in [2.05, 4.69) is 26.0 Å². The lowest BCUT2D eigenvalue weighted by Crippen LogP contribution is -2.23. The van der Waals surface area contributed by atoms with Crippen LogP contribution in [0.25, 0.3) is 10.9 Å². The minimum atomic E-state index is -0.395. The van der Waals surface area contributed by atoms with Gasteiger partial charge in [0, 0.05) is 17.3 Å². The highest BCUT2D eigenvalue weighted by atomic mass is 79.9. The quantitative estimate of drug-likeness (QED) is 0.332. The first-order valence-electron chi connectivity index (χ1n) is 8.94. The van der Waals surface area contributed by atoms with Crippen molar-refractivity contribution in [1.82, 2.24) is 9.66 Å². The molecule has 0 bridgehead atoms. The largest absolute Gasteiger partial charge is 0.427 e. The summed E-state index contributed by atoms with van der Waals surface area (Å²) in [6.07, 6.45) is 2.39. The second-order valence-electron chi connectivity index (χ2n) is 6.47. The molecule has 0 fully saturated rings. The molecule has 0 N–H and O–H groups in total. The molecule has 0 amide bonds. The number of esters is 1. The summed E-state index contributed by atoms with van der Waals surface area (Å²) >= 11 is 3.40. The number of carbonyl (C=O) groups excluding carboxylic acids is 1. The number of carbonyl (C=O) groups is 1. The molecular weight excluding hydrogens is 422 g/mol. The molecule has 144 valence electrons. The van der Waals surface area contributed by atoms with Crippen molar-refractivity contribution >= 4 is 39.0 Å². The monoisotopic (exact) mass is 441 g/mol. The van der Waals surface area contributed by atoms with Crippen LogP contribution in [0.1, 0.15) is 44.5 Å². The molecule has 0 radical (unpaired) electrons. The van der Waals surface area contributed by atoms with Gasteiger partial charge in [0.2, 0.25) is 0 Å². The van der Waals surface area contributed by atoms with Crippen molar-refractivity contribution in [3.63, 3.8) is 0 Å². The maximum atomic E-state index is 13.1. The molecule has 0 unspecified atom stereocenters. The number of benzene rings is 2. The van der Waals surface area contributed by atoms with Crippen molar-refractivity contribution in [3.8, 4) is 5.75 Å². The van der Waals surface area contributed by atoms with Gasteiger partial charge in [0.05, 0.1) is 17.1 Å². The lowest BCUT2D eigenvalue weighted by molar-refractivity contribution is -0.131. The lowest BCUT2D eigenvalue weighted by atomic mass is 10.1. The maximum absolute atomic E-state index is 13.1. The Kier molecular flexibility index (Phi) is 6.04. The van der Waals surface area contributed by atoms with Crippen molar-refractivity contribution < 1.29 is 9.53 Å². The van der Waals surface area contributed by atoms with E-state index in [4.69, 9.17) is 4.74 Å². The molecule has 0 saturated carbocycles. The second kappa shape index (κ2) is 8.48. The third-order valence-electron chi connectivity index (χ3n) is 4.33. The zero-order valence-electron chi connectivity index (χ0n) is 15.8. The zero-order valence-corrected chi connectivity index (χ0v) is 17.4. The first-order valence-corrected chi connectivity index (χ1v) is 9.73. The van der Waals surface area contributed by atoms with E-state index in [9.17, 15) is 9.59 Å². The number of hydrogen-bond acceptors (Lipinski definition) is 5. The van der Waals surface area contributed by atoms with Gasteiger partial charge in [-0.2, -0.15) is 9.78 Å². The van der Waals surface area contributed by atoms with Crippen LogP contribution < -0.4 is 10.3 Å². The predicted molar refractivity (Wildman–Crippen MR) is 113 cm³/mol. The highest BCUT2D eigenvalue weighted by molar-refractivity contribution is 9.10. The van der Waals surface area contributed by atoms with E-state index in [0.29, 0.717) is 28.0 Å². The summed E-state index contributed by atoms with van der Waals surface area (Å²) < 4.78 is 7.25. The summed E-state index contributed by atoms with van der Waals surface area (Å²) in [6.45, 7) is 5.40. The van der Waals surface area contributed by atoms with Crippen LogP contribution in [0.5, 0.6) is 5.75 Å². The van der Waals surface area contributed by atoms with Gasteiger partial charge in [-0.05, 0) is 42.3 Å². The van der Waals surface area contributed by atoms with Gasteiger partial charge < -0.3 is 4.74 Å². The fourth-order valence-corrected chi connectivity index (χ4v) is 3.09. The van der Waals surface area contributed by atoms with E-state index in [1.54, 1.807) is 30.5 Å². The van der Waals surface area contributed by atoms with E-state index in [1.807, 2.05) is 32.0 Å². The molecule has 0 aliphatic heterocycles. The van der Waals surface area contributed by atoms with Gasteiger partial charge in [0.25, 0.3) is 5.56 Å². The number of nitrogens with zero attached hydrogens (tertiary/aromatic N) is 3. The van der Waals surface area contributed by atoms with Crippen LogP contribution in [0.4, 0.5) is 0 Å². The van der Waals surface area contributed by atoms with Gasteiger partial charge in [0.1, 0.15) is 11.6 Å². The number of rotatable bonds is 5.